The molecule has 0 saturated carbocycles. The lowest BCUT2D eigenvalue weighted by Gasteiger charge is -2.01. The first kappa shape index (κ1) is 11.0. The van der Waals surface area contributed by atoms with Gasteiger partial charge in [0.1, 0.15) is 0 Å². The quantitative estimate of drug-likeness (QED) is 0.861. The van der Waals surface area contributed by atoms with Gasteiger partial charge in [0.2, 0.25) is 5.95 Å². The molecular formula is C11H14N4S. The summed E-state index contributed by atoms with van der Waals surface area (Å²) in [5, 5.41) is 4.33. The van der Waals surface area contributed by atoms with Crippen molar-refractivity contribution in [3.63, 3.8) is 0 Å². The van der Waals surface area contributed by atoms with Crippen LogP contribution < -0.4 is 5.32 Å². The summed E-state index contributed by atoms with van der Waals surface area (Å²) in [6.45, 7) is 2.97. The smallest absolute Gasteiger partial charge is 0.222 e. The van der Waals surface area contributed by atoms with Gasteiger partial charge in [-0.05, 0) is 12.5 Å². The number of anilines is 1. The van der Waals surface area contributed by atoms with Crippen molar-refractivity contribution in [1.29, 1.82) is 0 Å². The molecule has 0 radical (unpaired) electrons. The Kier molecular flexibility index (Phi) is 3.82. The Bertz CT molecular complexity index is 427. The van der Waals surface area contributed by atoms with Crippen molar-refractivity contribution < 1.29 is 0 Å². The summed E-state index contributed by atoms with van der Waals surface area (Å²) >= 11 is 1.78. The molecular weight excluding hydrogens is 220 g/mol. The lowest BCUT2D eigenvalue weighted by molar-refractivity contribution is 0.968. The third kappa shape index (κ3) is 3.00. The van der Waals surface area contributed by atoms with Gasteiger partial charge in [-0.1, -0.05) is 6.92 Å². The molecule has 2 heterocycles. The normalized spacial score (nSPS) is 10.3. The molecule has 16 heavy (non-hydrogen) atoms. The molecule has 0 saturated heterocycles. The highest BCUT2D eigenvalue weighted by Gasteiger charge is 2.00. The van der Waals surface area contributed by atoms with Gasteiger partial charge < -0.3 is 5.32 Å². The molecule has 2 aromatic heterocycles. The SMILES string of the molecule is CCc1cnc(CCNc2ncccn2)s1. The first-order chi connectivity index (χ1) is 7.88. The van der Waals surface area contributed by atoms with Gasteiger partial charge >= 0.3 is 0 Å². The van der Waals surface area contributed by atoms with Crippen LogP contribution in [0.2, 0.25) is 0 Å². The summed E-state index contributed by atoms with van der Waals surface area (Å²) in [5.74, 6) is 0.676. The van der Waals surface area contributed by atoms with Crippen LogP contribution in [0.15, 0.2) is 24.7 Å². The molecule has 84 valence electrons. The Morgan fingerprint density at radius 3 is 2.75 bits per heavy atom. The summed E-state index contributed by atoms with van der Waals surface area (Å²) < 4.78 is 0. The van der Waals surface area contributed by atoms with Crippen LogP contribution in [-0.2, 0) is 12.8 Å². The molecule has 0 aromatic carbocycles. The van der Waals surface area contributed by atoms with Crippen LogP contribution in [0, 0.1) is 0 Å². The highest BCUT2D eigenvalue weighted by Crippen LogP contribution is 2.13. The van der Waals surface area contributed by atoms with E-state index in [1.54, 1.807) is 29.8 Å². The van der Waals surface area contributed by atoms with Gasteiger partial charge in [-0.25, -0.2) is 15.0 Å². The molecule has 4 nitrogen and oxygen atoms in total. The maximum Gasteiger partial charge on any atom is 0.222 e. The van der Waals surface area contributed by atoms with Gasteiger partial charge in [-0.15, -0.1) is 11.3 Å². The Balaban J connectivity index is 1.80. The predicted molar refractivity (Wildman–Crippen MR) is 65.7 cm³/mol. The second-order valence-electron chi connectivity index (χ2n) is 3.32. The molecule has 0 unspecified atom stereocenters. The number of nitrogens with zero attached hydrogens (tertiary/aromatic N) is 3. The maximum absolute atomic E-state index is 4.36. The molecule has 0 aliphatic carbocycles. The second-order valence-corrected chi connectivity index (χ2v) is 4.52. The first-order valence-corrected chi connectivity index (χ1v) is 6.14. The van der Waals surface area contributed by atoms with Gasteiger partial charge in [0.15, 0.2) is 0 Å². The minimum Gasteiger partial charge on any atom is -0.354 e. The first-order valence-electron chi connectivity index (χ1n) is 5.33. The zero-order valence-corrected chi connectivity index (χ0v) is 10.00. The third-order valence-corrected chi connectivity index (χ3v) is 3.34. The van der Waals surface area contributed by atoms with E-state index >= 15 is 0 Å². The molecule has 2 aromatic rings. The average molecular weight is 234 g/mol. The summed E-state index contributed by atoms with van der Waals surface area (Å²) in [4.78, 5) is 13.9. The fourth-order valence-corrected chi connectivity index (χ4v) is 2.16. The number of hydrogen-bond donors (Lipinski definition) is 1. The molecule has 1 N–H and O–H groups in total. The van der Waals surface area contributed by atoms with Crippen LogP contribution in [-0.4, -0.2) is 21.5 Å². The number of nitrogens with one attached hydrogen (secondary N) is 1. The Morgan fingerprint density at radius 1 is 1.25 bits per heavy atom. The number of aromatic nitrogens is 3. The molecule has 0 fully saturated rings. The maximum atomic E-state index is 4.36. The molecule has 0 amide bonds. The number of aryl methyl sites for hydroxylation is 1. The summed E-state index contributed by atoms with van der Waals surface area (Å²) in [6, 6.07) is 1.81. The van der Waals surface area contributed by atoms with E-state index < -0.39 is 0 Å². The molecule has 0 aliphatic rings. The van der Waals surface area contributed by atoms with Crippen LogP contribution in [0.25, 0.3) is 0 Å². The second kappa shape index (κ2) is 5.55. The Labute approximate surface area is 98.8 Å². The lowest BCUT2D eigenvalue weighted by atomic mass is 10.4. The van der Waals surface area contributed by atoms with Gasteiger partial charge in [-0.3, -0.25) is 0 Å². The zero-order valence-electron chi connectivity index (χ0n) is 9.18. The molecule has 5 heteroatoms. The van der Waals surface area contributed by atoms with Crippen molar-refractivity contribution >= 4 is 17.3 Å². The standard InChI is InChI=1S/C11H14N4S/c1-2-9-8-15-10(16-9)4-7-14-11-12-5-3-6-13-11/h3,5-6,8H,2,4,7H2,1H3,(H,12,13,14). The van der Waals surface area contributed by atoms with Gasteiger partial charge in [0.05, 0.1) is 5.01 Å². The van der Waals surface area contributed by atoms with E-state index in [4.69, 9.17) is 0 Å². The fourth-order valence-electron chi connectivity index (χ4n) is 1.30. The van der Waals surface area contributed by atoms with E-state index in [1.165, 1.54) is 9.88 Å². The highest BCUT2D eigenvalue weighted by molar-refractivity contribution is 7.11. The summed E-state index contributed by atoms with van der Waals surface area (Å²) in [5.41, 5.74) is 0. The minimum absolute atomic E-state index is 0.676. The van der Waals surface area contributed by atoms with Crippen LogP contribution in [0.5, 0.6) is 0 Å². The van der Waals surface area contributed by atoms with Crippen molar-refractivity contribution in [1.82, 2.24) is 15.0 Å². The van der Waals surface area contributed by atoms with Gasteiger partial charge in [0.25, 0.3) is 0 Å². The monoisotopic (exact) mass is 234 g/mol. The number of thiazole rings is 1. The van der Waals surface area contributed by atoms with E-state index in [-0.39, 0.29) is 0 Å². The van der Waals surface area contributed by atoms with Crippen molar-refractivity contribution in [3.8, 4) is 0 Å². The van der Waals surface area contributed by atoms with E-state index in [0.29, 0.717) is 5.95 Å². The Hall–Kier alpha value is -1.49. The van der Waals surface area contributed by atoms with E-state index in [1.807, 2.05) is 6.20 Å². The molecule has 0 aliphatic heterocycles. The fraction of sp³-hybridized carbons (Fsp3) is 0.364. The van der Waals surface area contributed by atoms with Crippen LogP contribution >= 0.6 is 11.3 Å². The van der Waals surface area contributed by atoms with Crippen molar-refractivity contribution in [2.45, 2.75) is 19.8 Å². The topological polar surface area (TPSA) is 50.7 Å². The summed E-state index contributed by atoms with van der Waals surface area (Å²) in [7, 11) is 0. The predicted octanol–water partition coefficient (Wildman–Crippen LogP) is 2.15. The largest absolute Gasteiger partial charge is 0.354 e. The van der Waals surface area contributed by atoms with E-state index in [0.717, 1.165) is 19.4 Å². The third-order valence-electron chi connectivity index (χ3n) is 2.14. The summed E-state index contributed by atoms with van der Waals surface area (Å²) in [6.07, 6.45) is 7.40. The van der Waals surface area contributed by atoms with Gasteiger partial charge in [-0.2, -0.15) is 0 Å². The number of hydrogen-bond acceptors (Lipinski definition) is 5. The van der Waals surface area contributed by atoms with Crippen LogP contribution in [0.1, 0.15) is 16.8 Å². The van der Waals surface area contributed by atoms with Crippen molar-refractivity contribution in [3.05, 3.63) is 34.5 Å². The molecule has 0 spiro atoms. The molecule has 2 rings (SSSR count). The van der Waals surface area contributed by atoms with Crippen LogP contribution in [0.4, 0.5) is 5.95 Å². The zero-order chi connectivity index (χ0) is 11.2. The Morgan fingerprint density at radius 2 is 2.06 bits per heavy atom. The minimum atomic E-state index is 0.676. The van der Waals surface area contributed by atoms with Crippen molar-refractivity contribution in [2.75, 3.05) is 11.9 Å². The number of rotatable bonds is 5. The van der Waals surface area contributed by atoms with Crippen molar-refractivity contribution in [2.24, 2.45) is 0 Å². The van der Waals surface area contributed by atoms with Gasteiger partial charge in [0, 0.05) is 36.4 Å². The van der Waals surface area contributed by atoms with Crippen LogP contribution in [0.3, 0.4) is 0 Å². The lowest BCUT2D eigenvalue weighted by Crippen LogP contribution is -2.07. The van der Waals surface area contributed by atoms with E-state index in [2.05, 4.69) is 27.2 Å². The molecule has 0 bridgehead atoms. The highest BCUT2D eigenvalue weighted by atomic mass is 32.1. The van der Waals surface area contributed by atoms with E-state index in [9.17, 15) is 0 Å². The molecule has 0 atom stereocenters. The average Bonchev–Trinajstić information content (AvgIpc) is 2.78.